The van der Waals surface area contributed by atoms with Gasteiger partial charge < -0.3 is 19.5 Å². The van der Waals surface area contributed by atoms with E-state index in [9.17, 15) is 24.3 Å². The van der Waals surface area contributed by atoms with Gasteiger partial charge in [0.2, 0.25) is 5.91 Å². The highest BCUT2D eigenvalue weighted by atomic mass is 35.5. The number of hydrogen-bond acceptors (Lipinski definition) is 9. The van der Waals surface area contributed by atoms with Crippen molar-refractivity contribution in [2.75, 3.05) is 18.4 Å². The van der Waals surface area contributed by atoms with Crippen molar-refractivity contribution in [1.29, 1.82) is 0 Å². The van der Waals surface area contributed by atoms with Gasteiger partial charge in [-0.3, -0.25) is 14.6 Å². The number of ketones is 1. The monoisotopic (exact) mass is 634 g/mol. The SMILES string of the molecule is C=CCOC(=O)c1ccnc(/C=C/C(=O)N2CS[C@@](C)(C(O)C(=O)CCl)[C@@H]2C(=O)OC(c2ccccc2)c2ccccc2)c1. The Kier molecular flexibility index (Phi) is 11.1. The van der Waals surface area contributed by atoms with Gasteiger partial charge in [0.1, 0.15) is 18.8 Å². The van der Waals surface area contributed by atoms with E-state index < -0.39 is 52.5 Å². The molecule has 0 aliphatic carbocycles. The summed E-state index contributed by atoms with van der Waals surface area (Å²) in [7, 11) is 0. The number of halogens is 1. The van der Waals surface area contributed by atoms with Crippen molar-refractivity contribution < 1.29 is 33.8 Å². The Labute approximate surface area is 264 Å². The van der Waals surface area contributed by atoms with Crippen molar-refractivity contribution in [3.05, 3.63) is 120 Å². The molecule has 3 atom stereocenters. The molecule has 3 aromatic rings. The third kappa shape index (κ3) is 7.45. The fraction of sp³-hybridized carbons (Fsp3) is 0.242. The molecule has 1 aliphatic rings. The first-order valence-electron chi connectivity index (χ1n) is 13.6. The van der Waals surface area contributed by atoms with Crippen LogP contribution >= 0.6 is 23.4 Å². The summed E-state index contributed by atoms with van der Waals surface area (Å²) in [6.07, 6.45) is 2.97. The molecule has 4 rings (SSSR count). The molecule has 1 N–H and O–H groups in total. The van der Waals surface area contributed by atoms with Gasteiger partial charge in [-0.05, 0) is 36.3 Å². The second-order valence-corrected chi connectivity index (χ2v) is 11.7. The number of ether oxygens (including phenoxy) is 2. The second kappa shape index (κ2) is 15.0. The number of aliphatic hydroxyl groups is 1. The quantitative estimate of drug-likeness (QED) is 0.132. The summed E-state index contributed by atoms with van der Waals surface area (Å²) in [6, 6.07) is 19.8. The standard InChI is InChI=1S/C33H31ClN2O7S/c1-3-18-42-31(40)24-16-17-35-25(19-24)14-15-27(38)36-21-44-33(2,30(39)26(37)20-34)29(36)32(41)43-28(22-10-6-4-7-11-22)23-12-8-5-9-13-23/h3-17,19,28-30,39H,1,18,20-21H2,2H3/b15-14+/t29-,30?,33+/m0/s1. The molecule has 0 saturated carbocycles. The van der Waals surface area contributed by atoms with Crippen LogP contribution in [0, 0.1) is 0 Å². The smallest absolute Gasteiger partial charge is 0.338 e. The number of nitrogens with zero attached hydrogens (tertiary/aromatic N) is 2. The third-order valence-electron chi connectivity index (χ3n) is 7.04. The van der Waals surface area contributed by atoms with Crippen LogP contribution < -0.4 is 0 Å². The molecular formula is C33H31ClN2O7S. The van der Waals surface area contributed by atoms with E-state index in [0.29, 0.717) is 16.8 Å². The molecule has 2 aromatic carbocycles. The average molecular weight is 635 g/mol. The largest absolute Gasteiger partial charge is 0.458 e. The number of carbonyl (C=O) groups excluding carboxylic acids is 4. The van der Waals surface area contributed by atoms with Crippen molar-refractivity contribution >= 4 is 53.1 Å². The summed E-state index contributed by atoms with van der Waals surface area (Å²) in [4.78, 5) is 57.8. The number of benzene rings is 2. The van der Waals surface area contributed by atoms with Crippen LogP contribution in [0.25, 0.3) is 6.08 Å². The summed E-state index contributed by atoms with van der Waals surface area (Å²) >= 11 is 6.85. The van der Waals surface area contributed by atoms with E-state index in [4.69, 9.17) is 21.1 Å². The predicted octanol–water partition coefficient (Wildman–Crippen LogP) is 4.60. The van der Waals surface area contributed by atoms with E-state index in [1.54, 1.807) is 0 Å². The number of pyridine rings is 1. The normalized spacial score (nSPS) is 18.6. The number of Topliss-reactive ketones (excluding diaryl/α,β-unsaturated/α-hetero) is 1. The van der Waals surface area contributed by atoms with Crippen molar-refractivity contribution in [3.63, 3.8) is 0 Å². The number of amides is 1. The van der Waals surface area contributed by atoms with Crippen molar-refractivity contribution in [2.24, 2.45) is 0 Å². The Morgan fingerprint density at radius 2 is 1.75 bits per heavy atom. The van der Waals surface area contributed by atoms with E-state index in [1.165, 1.54) is 48.4 Å². The van der Waals surface area contributed by atoms with Gasteiger partial charge in [0, 0.05) is 12.3 Å². The van der Waals surface area contributed by atoms with E-state index in [-0.39, 0.29) is 18.0 Å². The molecular weight excluding hydrogens is 604 g/mol. The van der Waals surface area contributed by atoms with Crippen LogP contribution in [0.1, 0.15) is 40.2 Å². The minimum absolute atomic E-state index is 0.0191. The van der Waals surface area contributed by atoms with Crippen LogP contribution in [0.3, 0.4) is 0 Å². The van der Waals surface area contributed by atoms with Crippen molar-refractivity contribution in [1.82, 2.24) is 9.88 Å². The van der Waals surface area contributed by atoms with Gasteiger partial charge in [0.15, 0.2) is 11.9 Å². The number of thioether (sulfide) groups is 1. The molecule has 0 radical (unpaired) electrons. The Hall–Kier alpha value is -4.25. The first kappa shape index (κ1) is 32.7. The lowest BCUT2D eigenvalue weighted by Gasteiger charge is -2.35. The molecule has 1 aromatic heterocycles. The molecule has 2 heterocycles. The zero-order valence-electron chi connectivity index (χ0n) is 23.9. The molecule has 1 aliphatic heterocycles. The van der Waals surface area contributed by atoms with Crippen LogP contribution in [-0.4, -0.2) is 73.9 Å². The number of aromatic nitrogens is 1. The van der Waals surface area contributed by atoms with Crippen molar-refractivity contribution in [3.8, 4) is 0 Å². The highest BCUT2D eigenvalue weighted by Crippen LogP contribution is 2.44. The van der Waals surface area contributed by atoms with Crippen LogP contribution in [0.2, 0.25) is 0 Å². The van der Waals surface area contributed by atoms with Crippen molar-refractivity contribution in [2.45, 2.75) is 29.9 Å². The van der Waals surface area contributed by atoms with Gasteiger partial charge in [0.05, 0.1) is 27.8 Å². The summed E-state index contributed by atoms with van der Waals surface area (Å²) in [6.45, 7) is 5.09. The summed E-state index contributed by atoms with van der Waals surface area (Å²) in [5.41, 5.74) is 1.93. The van der Waals surface area contributed by atoms with E-state index in [0.717, 1.165) is 11.8 Å². The molecule has 1 fully saturated rings. The van der Waals surface area contributed by atoms with Gasteiger partial charge in [-0.25, -0.2) is 9.59 Å². The maximum Gasteiger partial charge on any atom is 0.338 e. The molecule has 0 spiro atoms. The summed E-state index contributed by atoms with van der Waals surface area (Å²) in [5.74, 6) is -3.15. The predicted molar refractivity (Wildman–Crippen MR) is 168 cm³/mol. The number of carbonyl (C=O) groups is 4. The molecule has 0 bridgehead atoms. The van der Waals surface area contributed by atoms with Gasteiger partial charge in [-0.1, -0.05) is 73.3 Å². The van der Waals surface area contributed by atoms with Crippen LogP contribution in [0.15, 0.2) is 97.7 Å². The highest BCUT2D eigenvalue weighted by molar-refractivity contribution is 8.01. The second-order valence-electron chi connectivity index (χ2n) is 10.00. The van der Waals surface area contributed by atoms with Crippen LogP contribution in [0.4, 0.5) is 0 Å². The minimum Gasteiger partial charge on any atom is -0.458 e. The molecule has 1 amide bonds. The number of hydrogen-bond donors (Lipinski definition) is 1. The van der Waals surface area contributed by atoms with E-state index in [1.807, 2.05) is 60.7 Å². The number of aliphatic hydroxyl groups excluding tert-OH is 1. The van der Waals surface area contributed by atoms with E-state index >= 15 is 0 Å². The Balaban J connectivity index is 1.65. The van der Waals surface area contributed by atoms with Gasteiger partial charge in [-0.2, -0.15) is 0 Å². The van der Waals surface area contributed by atoms with E-state index in [2.05, 4.69) is 11.6 Å². The zero-order valence-corrected chi connectivity index (χ0v) is 25.4. The molecule has 11 heteroatoms. The lowest BCUT2D eigenvalue weighted by atomic mass is 9.90. The zero-order chi connectivity index (χ0) is 31.7. The molecule has 44 heavy (non-hydrogen) atoms. The maximum absolute atomic E-state index is 14.0. The maximum atomic E-state index is 14.0. The first-order valence-corrected chi connectivity index (χ1v) is 15.2. The van der Waals surface area contributed by atoms with Gasteiger partial charge in [0.25, 0.3) is 0 Å². The Morgan fingerprint density at radius 1 is 1.11 bits per heavy atom. The van der Waals surface area contributed by atoms with Gasteiger partial charge in [-0.15, -0.1) is 23.4 Å². The minimum atomic E-state index is -1.66. The lowest BCUT2D eigenvalue weighted by Crippen LogP contribution is -2.57. The molecule has 1 unspecified atom stereocenters. The first-order chi connectivity index (χ1) is 21.2. The highest BCUT2D eigenvalue weighted by Gasteiger charge is 2.57. The number of rotatable bonds is 12. The van der Waals surface area contributed by atoms with Crippen LogP contribution in [0.5, 0.6) is 0 Å². The summed E-state index contributed by atoms with van der Waals surface area (Å²) < 4.78 is 9.68. The fourth-order valence-electron chi connectivity index (χ4n) is 4.75. The summed E-state index contributed by atoms with van der Waals surface area (Å²) in [5, 5.41) is 11.0. The van der Waals surface area contributed by atoms with Gasteiger partial charge >= 0.3 is 11.9 Å². The third-order valence-corrected chi connectivity index (χ3v) is 8.78. The number of alkyl halides is 1. The number of esters is 2. The Morgan fingerprint density at radius 3 is 2.34 bits per heavy atom. The molecule has 1 saturated heterocycles. The molecule has 9 nitrogen and oxygen atoms in total. The molecule has 228 valence electrons. The lowest BCUT2D eigenvalue weighted by molar-refractivity contribution is -0.159. The van der Waals surface area contributed by atoms with Crippen LogP contribution in [-0.2, 0) is 23.9 Å². The topological polar surface area (TPSA) is 123 Å². The average Bonchev–Trinajstić information content (AvgIpc) is 3.43. The fourth-order valence-corrected chi connectivity index (χ4v) is 6.26. The Bertz CT molecular complexity index is 1500.